The number of hydrogen-bond acceptors (Lipinski definition) is 3. The fourth-order valence-corrected chi connectivity index (χ4v) is 1.65. The van der Waals surface area contributed by atoms with Crippen molar-refractivity contribution in [2.75, 3.05) is 19.2 Å². The maximum Gasteiger partial charge on any atom is 0.193 e. The molecular weight excluding hydrogens is 226 g/mol. The van der Waals surface area contributed by atoms with E-state index in [9.17, 15) is 4.79 Å². The van der Waals surface area contributed by atoms with Crippen LogP contribution in [0, 0.1) is 0 Å². The molecule has 0 fully saturated rings. The molecule has 18 heavy (non-hydrogen) atoms. The highest BCUT2D eigenvalue weighted by Crippen LogP contribution is 2.13. The van der Waals surface area contributed by atoms with Crippen LogP contribution in [0.3, 0.4) is 0 Å². The molecule has 92 valence electrons. The van der Waals surface area contributed by atoms with Crippen molar-refractivity contribution in [1.82, 2.24) is 0 Å². The molecule has 0 saturated carbocycles. The Morgan fingerprint density at radius 1 is 1.00 bits per heavy atom. The van der Waals surface area contributed by atoms with Gasteiger partial charge in [0.2, 0.25) is 0 Å². The van der Waals surface area contributed by atoms with Crippen molar-refractivity contribution in [3.8, 4) is 0 Å². The van der Waals surface area contributed by atoms with Crippen molar-refractivity contribution >= 4 is 11.5 Å². The molecule has 0 heterocycles. The van der Waals surface area contributed by atoms with E-state index in [0.717, 1.165) is 5.69 Å². The Bertz CT molecular complexity index is 506. The van der Waals surface area contributed by atoms with Gasteiger partial charge in [-0.05, 0) is 24.3 Å². The lowest BCUT2D eigenvalue weighted by Crippen LogP contribution is -2.04. The van der Waals surface area contributed by atoms with Crippen LogP contribution < -0.4 is 5.32 Å². The molecule has 0 spiro atoms. The molecule has 0 amide bonds. The van der Waals surface area contributed by atoms with Gasteiger partial charge in [0.15, 0.2) is 5.78 Å². The molecule has 0 radical (unpaired) electrons. The first-order valence-corrected chi connectivity index (χ1v) is 5.74. The van der Waals surface area contributed by atoms with E-state index >= 15 is 0 Å². The van der Waals surface area contributed by atoms with Crippen LogP contribution in [0.4, 0.5) is 5.69 Å². The van der Waals surface area contributed by atoms with Crippen molar-refractivity contribution in [2.24, 2.45) is 0 Å². The lowest BCUT2D eigenvalue weighted by atomic mass is 10.0. The highest BCUT2D eigenvalue weighted by molar-refractivity contribution is 6.09. The Balaban J connectivity index is 2.12. The molecule has 0 aliphatic rings. The Kier molecular flexibility index (Phi) is 4.10. The monoisotopic (exact) mass is 241 g/mol. The third-order valence-electron chi connectivity index (χ3n) is 2.60. The third-order valence-corrected chi connectivity index (χ3v) is 2.60. The lowest BCUT2D eigenvalue weighted by Gasteiger charge is -2.06. The zero-order valence-corrected chi connectivity index (χ0v) is 10.2. The predicted octanol–water partition coefficient (Wildman–Crippen LogP) is 2.93. The number of carbonyl (C=O) groups is 1. The van der Waals surface area contributed by atoms with Gasteiger partial charge in [-0.3, -0.25) is 4.79 Å². The van der Waals surface area contributed by atoms with E-state index < -0.39 is 0 Å². The summed E-state index contributed by atoms with van der Waals surface area (Å²) in [6.45, 7) is 0.450. The normalized spacial score (nSPS) is 10.1. The van der Waals surface area contributed by atoms with Gasteiger partial charge in [-0.2, -0.15) is 0 Å². The standard InChI is InChI=1S/C15H15NO2/c1-18-11-16-14-9-7-13(8-10-14)15(17)12-5-3-2-4-6-12/h2-10,16H,11H2,1H3. The number of nitrogens with one attached hydrogen (secondary N) is 1. The minimum Gasteiger partial charge on any atom is -0.365 e. The second kappa shape index (κ2) is 5.98. The van der Waals surface area contributed by atoms with Crippen molar-refractivity contribution in [3.63, 3.8) is 0 Å². The van der Waals surface area contributed by atoms with Gasteiger partial charge in [-0.15, -0.1) is 0 Å². The molecule has 2 aromatic rings. The van der Waals surface area contributed by atoms with Crippen molar-refractivity contribution in [2.45, 2.75) is 0 Å². The molecule has 0 bridgehead atoms. The summed E-state index contributed by atoms with van der Waals surface area (Å²) in [5, 5.41) is 3.07. The molecule has 2 rings (SSSR count). The maximum atomic E-state index is 12.1. The molecule has 0 aliphatic carbocycles. The minimum absolute atomic E-state index is 0.0360. The van der Waals surface area contributed by atoms with Gasteiger partial charge in [0.05, 0.1) is 0 Å². The van der Waals surface area contributed by atoms with Crippen LogP contribution in [0.25, 0.3) is 0 Å². The first-order chi connectivity index (χ1) is 8.81. The zero-order chi connectivity index (χ0) is 12.8. The molecule has 0 unspecified atom stereocenters. The third kappa shape index (κ3) is 2.96. The number of rotatable bonds is 5. The van der Waals surface area contributed by atoms with Crippen LogP contribution >= 0.6 is 0 Å². The average molecular weight is 241 g/mol. The fourth-order valence-electron chi connectivity index (χ4n) is 1.65. The number of ketones is 1. The molecule has 3 heteroatoms. The van der Waals surface area contributed by atoms with Crippen LogP contribution in [0.1, 0.15) is 15.9 Å². The van der Waals surface area contributed by atoms with E-state index in [0.29, 0.717) is 17.9 Å². The van der Waals surface area contributed by atoms with Gasteiger partial charge in [-0.1, -0.05) is 30.3 Å². The summed E-state index contributed by atoms with van der Waals surface area (Å²) in [4.78, 5) is 12.1. The molecule has 3 nitrogen and oxygen atoms in total. The van der Waals surface area contributed by atoms with Crippen LogP contribution in [0.15, 0.2) is 54.6 Å². The van der Waals surface area contributed by atoms with E-state index in [4.69, 9.17) is 4.74 Å². The summed E-state index contributed by atoms with van der Waals surface area (Å²) < 4.78 is 4.91. The quantitative estimate of drug-likeness (QED) is 0.646. The predicted molar refractivity (Wildman–Crippen MR) is 71.8 cm³/mol. The van der Waals surface area contributed by atoms with E-state index in [1.807, 2.05) is 54.6 Å². The summed E-state index contributed by atoms with van der Waals surface area (Å²) in [7, 11) is 1.63. The van der Waals surface area contributed by atoms with E-state index in [1.165, 1.54) is 0 Å². The van der Waals surface area contributed by atoms with E-state index in [-0.39, 0.29) is 5.78 Å². The largest absolute Gasteiger partial charge is 0.365 e. The van der Waals surface area contributed by atoms with Crippen molar-refractivity contribution < 1.29 is 9.53 Å². The van der Waals surface area contributed by atoms with Gasteiger partial charge in [0.1, 0.15) is 6.73 Å². The van der Waals surface area contributed by atoms with Crippen molar-refractivity contribution in [1.29, 1.82) is 0 Å². The Morgan fingerprint density at radius 3 is 2.22 bits per heavy atom. The number of methoxy groups -OCH3 is 1. The topological polar surface area (TPSA) is 38.3 Å². The van der Waals surface area contributed by atoms with E-state index in [1.54, 1.807) is 7.11 Å². The minimum atomic E-state index is 0.0360. The number of benzene rings is 2. The van der Waals surface area contributed by atoms with Gasteiger partial charge in [0.25, 0.3) is 0 Å². The van der Waals surface area contributed by atoms with Gasteiger partial charge < -0.3 is 10.1 Å². The first-order valence-electron chi connectivity index (χ1n) is 5.74. The Hall–Kier alpha value is -2.13. The lowest BCUT2D eigenvalue weighted by molar-refractivity contribution is 0.103. The molecule has 0 saturated heterocycles. The van der Waals surface area contributed by atoms with Crippen LogP contribution in [-0.4, -0.2) is 19.6 Å². The maximum absolute atomic E-state index is 12.1. The van der Waals surface area contributed by atoms with Crippen LogP contribution in [0.5, 0.6) is 0 Å². The first kappa shape index (κ1) is 12.3. The van der Waals surface area contributed by atoms with Crippen LogP contribution in [-0.2, 0) is 4.74 Å². The summed E-state index contributed by atoms with van der Waals surface area (Å²) in [6.07, 6.45) is 0. The summed E-state index contributed by atoms with van der Waals surface area (Å²) in [6, 6.07) is 16.6. The van der Waals surface area contributed by atoms with E-state index in [2.05, 4.69) is 5.32 Å². The van der Waals surface area contributed by atoms with Crippen LogP contribution in [0.2, 0.25) is 0 Å². The van der Waals surface area contributed by atoms with Gasteiger partial charge >= 0.3 is 0 Å². The SMILES string of the molecule is COCNc1ccc(C(=O)c2ccccc2)cc1. The molecular formula is C15H15NO2. The molecule has 0 atom stereocenters. The Morgan fingerprint density at radius 2 is 1.61 bits per heavy atom. The highest BCUT2D eigenvalue weighted by Gasteiger charge is 2.07. The Labute approximate surface area is 106 Å². The van der Waals surface area contributed by atoms with Gasteiger partial charge in [-0.25, -0.2) is 0 Å². The smallest absolute Gasteiger partial charge is 0.193 e. The summed E-state index contributed by atoms with van der Waals surface area (Å²) in [5.74, 6) is 0.0360. The number of carbonyl (C=O) groups excluding carboxylic acids is 1. The fraction of sp³-hybridized carbons (Fsp3) is 0.133. The molecule has 0 aliphatic heterocycles. The molecule has 1 N–H and O–H groups in total. The average Bonchev–Trinajstić information content (AvgIpc) is 2.46. The highest BCUT2D eigenvalue weighted by atomic mass is 16.5. The van der Waals surface area contributed by atoms with Crippen molar-refractivity contribution in [3.05, 3.63) is 65.7 Å². The molecule has 0 aromatic heterocycles. The number of hydrogen-bond donors (Lipinski definition) is 1. The summed E-state index contributed by atoms with van der Waals surface area (Å²) in [5.41, 5.74) is 2.32. The number of ether oxygens (including phenoxy) is 1. The second-order valence-corrected chi connectivity index (χ2v) is 3.88. The zero-order valence-electron chi connectivity index (χ0n) is 10.2. The second-order valence-electron chi connectivity index (χ2n) is 3.88. The number of anilines is 1. The summed E-state index contributed by atoms with van der Waals surface area (Å²) >= 11 is 0. The van der Waals surface area contributed by atoms with Gasteiger partial charge in [0, 0.05) is 23.9 Å². The molecule has 2 aromatic carbocycles.